The average molecular weight is 867 g/mol. The highest BCUT2D eigenvalue weighted by Crippen LogP contribution is 2.23. The van der Waals surface area contributed by atoms with E-state index < -0.39 is 49.4 Å². The van der Waals surface area contributed by atoms with E-state index in [2.05, 4.69) is 38.2 Å². The van der Waals surface area contributed by atoms with Crippen molar-refractivity contribution in [1.82, 2.24) is 0 Å². The van der Waals surface area contributed by atoms with Crippen molar-refractivity contribution in [3.8, 4) is 0 Å². The van der Waals surface area contributed by atoms with Crippen LogP contribution in [0.4, 0.5) is 0 Å². The highest BCUT2D eigenvalue weighted by atomic mass is 16.7. The Morgan fingerprint density at radius 1 is 0.492 bits per heavy atom. The molecule has 1 fully saturated rings. The molecule has 0 saturated carbocycles. The molecule has 0 radical (unpaired) electrons. The molecule has 0 bridgehead atoms. The monoisotopic (exact) mass is 867 g/mol. The normalized spacial score (nSPS) is 19.9. The topological polar surface area (TPSA) is 152 Å². The maximum absolute atomic E-state index is 12.8. The van der Waals surface area contributed by atoms with E-state index in [1.54, 1.807) is 0 Å². The Morgan fingerprint density at radius 2 is 0.869 bits per heavy atom. The number of aliphatic hydroxyl groups is 4. The first-order valence-corrected chi connectivity index (χ1v) is 25.4. The molecule has 10 heteroatoms. The minimum absolute atomic E-state index is 0.217. The van der Waals surface area contributed by atoms with E-state index >= 15 is 0 Å². The molecule has 1 aliphatic rings. The van der Waals surface area contributed by atoms with Crippen LogP contribution in [-0.2, 0) is 28.5 Å². The van der Waals surface area contributed by atoms with Crippen LogP contribution in [0.15, 0.2) is 24.3 Å². The molecule has 1 saturated heterocycles. The van der Waals surface area contributed by atoms with Gasteiger partial charge in [0.25, 0.3) is 0 Å². The van der Waals surface area contributed by atoms with Gasteiger partial charge in [0, 0.05) is 12.8 Å². The van der Waals surface area contributed by atoms with Crippen LogP contribution in [0.5, 0.6) is 0 Å². The van der Waals surface area contributed by atoms with Gasteiger partial charge in [0.05, 0.1) is 13.2 Å². The van der Waals surface area contributed by atoms with Crippen molar-refractivity contribution in [3.05, 3.63) is 24.3 Å². The third kappa shape index (κ3) is 33.4. The van der Waals surface area contributed by atoms with Gasteiger partial charge in [0.2, 0.25) is 0 Å². The van der Waals surface area contributed by atoms with Crippen molar-refractivity contribution < 1.29 is 49.0 Å². The summed E-state index contributed by atoms with van der Waals surface area (Å²) in [6.45, 7) is 3.44. The molecule has 0 aromatic rings. The summed E-state index contributed by atoms with van der Waals surface area (Å²) >= 11 is 0. The number of hydrogen-bond acceptors (Lipinski definition) is 10. The lowest BCUT2D eigenvalue weighted by Crippen LogP contribution is -2.59. The van der Waals surface area contributed by atoms with Crippen molar-refractivity contribution in [3.63, 3.8) is 0 Å². The number of hydrogen-bond donors (Lipinski definition) is 4. The molecule has 4 N–H and O–H groups in total. The van der Waals surface area contributed by atoms with Crippen molar-refractivity contribution >= 4 is 11.9 Å². The number of carbonyl (C=O) groups excluding carboxylic acids is 2. The number of esters is 2. The van der Waals surface area contributed by atoms with Crippen LogP contribution in [0, 0.1) is 0 Å². The average Bonchev–Trinajstić information content (AvgIpc) is 3.26. The summed E-state index contributed by atoms with van der Waals surface area (Å²) in [5, 5.41) is 40.2. The SMILES string of the molecule is CCCCCCCC/C=C/CCCCCCCCCCCC(=O)OC[C@@H](CO[C@H]1O[C@@H](CO)[C@@H](O)C(O)C1O)OC(=O)CCCCCCCCC/C=C/CCCCCCCC. The van der Waals surface area contributed by atoms with E-state index in [0.717, 1.165) is 51.4 Å². The van der Waals surface area contributed by atoms with Crippen molar-refractivity contribution in [2.45, 2.75) is 269 Å². The summed E-state index contributed by atoms with van der Waals surface area (Å²) in [6.07, 6.45) is 40.4. The zero-order chi connectivity index (χ0) is 44.4. The van der Waals surface area contributed by atoms with Gasteiger partial charge in [-0.25, -0.2) is 0 Å². The number of unbranched alkanes of at least 4 members (excludes halogenated alkanes) is 28. The van der Waals surface area contributed by atoms with Gasteiger partial charge in [-0.1, -0.05) is 179 Å². The Balaban J connectivity index is 2.27. The van der Waals surface area contributed by atoms with Gasteiger partial charge in [0.1, 0.15) is 31.0 Å². The molecule has 6 atom stereocenters. The van der Waals surface area contributed by atoms with Crippen LogP contribution in [-0.4, -0.2) is 89.0 Å². The Kier molecular flexibility index (Phi) is 39.5. The van der Waals surface area contributed by atoms with E-state index in [-0.39, 0.29) is 32.0 Å². The third-order valence-corrected chi connectivity index (χ3v) is 11.8. The molecule has 0 aliphatic carbocycles. The Bertz CT molecular complexity index is 1050. The molecule has 1 rings (SSSR count). The van der Waals surface area contributed by atoms with E-state index in [4.69, 9.17) is 18.9 Å². The first-order chi connectivity index (χ1) is 29.8. The largest absolute Gasteiger partial charge is 0.462 e. The van der Waals surface area contributed by atoms with E-state index in [1.165, 1.54) is 148 Å². The molecular weight excluding hydrogens is 773 g/mol. The van der Waals surface area contributed by atoms with Crippen LogP contribution < -0.4 is 0 Å². The lowest BCUT2D eigenvalue weighted by Gasteiger charge is -2.39. The second-order valence-electron chi connectivity index (χ2n) is 17.6. The fourth-order valence-electron chi connectivity index (χ4n) is 7.77. The smallest absolute Gasteiger partial charge is 0.306 e. The maximum atomic E-state index is 12.8. The molecule has 61 heavy (non-hydrogen) atoms. The number of ether oxygens (including phenoxy) is 4. The molecule has 358 valence electrons. The molecule has 0 spiro atoms. The maximum Gasteiger partial charge on any atom is 0.306 e. The fourth-order valence-corrected chi connectivity index (χ4v) is 7.77. The summed E-state index contributed by atoms with van der Waals surface area (Å²) < 4.78 is 22.2. The fraction of sp³-hybridized carbons (Fsp3) is 0.882. The van der Waals surface area contributed by atoms with Gasteiger partial charge in [-0.15, -0.1) is 0 Å². The number of carbonyl (C=O) groups is 2. The standard InChI is InChI=1S/C51H94O10/c1-3-5-7-9-11-13-15-17-19-21-22-24-25-27-29-31-33-35-37-39-46(53)58-42-44(43-59-51-50(57)49(56)48(55)45(41-52)61-51)60-47(54)40-38-36-34-32-30-28-26-23-20-18-16-14-12-10-8-6-4-2/h17-20,44-45,48-52,55-57H,3-16,21-43H2,1-2H3/b19-17+,20-18+/t44-,45-,48+,49?,50?,51-/m0/s1. The van der Waals surface area contributed by atoms with Crippen LogP contribution in [0.1, 0.15) is 232 Å². The van der Waals surface area contributed by atoms with Crippen molar-refractivity contribution in [2.75, 3.05) is 19.8 Å². The van der Waals surface area contributed by atoms with Crippen LogP contribution in [0.3, 0.4) is 0 Å². The summed E-state index contributed by atoms with van der Waals surface area (Å²) in [6, 6.07) is 0. The first kappa shape index (κ1) is 57.2. The molecule has 1 heterocycles. The zero-order valence-electron chi connectivity index (χ0n) is 39.2. The van der Waals surface area contributed by atoms with Crippen molar-refractivity contribution in [1.29, 1.82) is 0 Å². The van der Waals surface area contributed by atoms with E-state index in [0.29, 0.717) is 6.42 Å². The van der Waals surface area contributed by atoms with Gasteiger partial charge < -0.3 is 39.4 Å². The predicted octanol–water partition coefficient (Wildman–Crippen LogP) is 11.7. The second-order valence-corrected chi connectivity index (χ2v) is 17.6. The Morgan fingerprint density at radius 3 is 1.28 bits per heavy atom. The van der Waals surface area contributed by atoms with Gasteiger partial charge >= 0.3 is 11.9 Å². The van der Waals surface area contributed by atoms with Crippen LogP contribution in [0.2, 0.25) is 0 Å². The molecule has 0 aromatic heterocycles. The lowest BCUT2D eigenvalue weighted by atomic mass is 9.99. The van der Waals surface area contributed by atoms with E-state index in [9.17, 15) is 30.0 Å². The van der Waals surface area contributed by atoms with Crippen LogP contribution in [0.25, 0.3) is 0 Å². The van der Waals surface area contributed by atoms with Crippen LogP contribution >= 0.6 is 0 Å². The van der Waals surface area contributed by atoms with Gasteiger partial charge in [-0.05, 0) is 64.2 Å². The molecular formula is C51H94O10. The lowest BCUT2D eigenvalue weighted by molar-refractivity contribution is -0.305. The highest BCUT2D eigenvalue weighted by molar-refractivity contribution is 5.70. The zero-order valence-corrected chi connectivity index (χ0v) is 39.2. The van der Waals surface area contributed by atoms with Crippen molar-refractivity contribution in [2.24, 2.45) is 0 Å². The number of allylic oxidation sites excluding steroid dienone is 4. The Hall–Kier alpha value is -1.82. The summed E-state index contributed by atoms with van der Waals surface area (Å²) in [5.41, 5.74) is 0. The molecule has 2 unspecified atom stereocenters. The quantitative estimate of drug-likeness (QED) is 0.0265. The minimum atomic E-state index is -1.59. The third-order valence-electron chi connectivity index (χ3n) is 11.8. The predicted molar refractivity (Wildman–Crippen MR) is 247 cm³/mol. The molecule has 10 nitrogen and oxygen atoms in total. The second kappa shape index (κ2) is 42.1. The molecule has 0 aromatic carbocycles. The first-order valence-electron chi connectivity index (χ1n) is 25.4. The molecule has 1 aliphatic heterocycles. The van der Waals surface area contributed by atoms with Gasteiger partial charge in [-0.2, -0.15) is 0 Å². The summed E-state index contributed by atoms with van der Waals surface area (Å²) in [4.78, 5) is 25.4. The number of rotatable bonds is 43. The summed E-state index contributed by atoms with van der Waals surface area (Å²) in [5.74, 6) is -0.805. The van der Waals surface area contributed by atoms with Gasteiger partial charge in [0.15, 0.2) is 12.4 Å². The minimum Gasteiger partial charge on any atom is -0.462 e. The number of aliphatic hydroxyl groups excluding tert-OH is 4. The Labute approximate surface area is 373 Å². The highest BCUT2D eigenvalue weighted by Gasteiger charge is 2.44. The molecule has 0 amide bonds. The van der Waals surface area contributed by atoms with E-state index in [1.807, 2.05) is 0 Å². The summed E-state index contributed by atoms with van der Waals surface area (Å²) in [7, 11) is 0. The van der Waals surface area contributed by atoms with Gasteiger partial charge in [-0.3, -0.25) is 9.59 Å².